The maximum Gasteiger partial charge on any atom is 0.227 e. The minimum Gasteiger partial charge on any atom is -0.410 e. The molecule has 0 atom stereocenters. The van der Waals surface area contributed by atoms with E-state index < -0.39 is 11.5 Å². The number of carbonyl (C=O) groups is 1. The Hall–Kier alpha value is -2.15. The summed E-state index contributed by atoms with van der Waals surface area (Å²) in [6.45, 7) is 0. The summed E-state index contributed by atoms with van der Waals surface area (Å²) < 4.78 is 0. The van der Waals surface area contributed by atoms with Crippen LogP contribution >= 0.6 is 0 Å². The molecule has 0 bridgehead atoms. The van der Waals surface area contributed by atoms with E-state index in [9.17, 15) is 4.79 Å². The van der Waals surface area contributed by atoms with Crippen LogP contribution in [0.1, 0.15) is 10.4 Å². The van der Waals surface area contributed by atoms with Crippen LogP contribution in [0.25, 0.3) is 0 Å². The average molecular weight is 174 g/mol. The Morgan fingerprint density at radius 1 is 1.38 bits per heavy atom. The fraction of sp³-hybridized carbons (Fsp3) is 0. The summed E-state index contributed by atoms with van der Waals surface area (Å²) in [6.07, 6.45) is 0. The van der Waals surface area contributed by atoms with Gasteiger partial charge in [-0.15, -0.1) is 0 Å². The van der Waals surface area contributed by atoms with Gasteiger partial charge in [0.2, 0.25) is 11.5 Å². The molecule has 4 heteroatoms. The summed E-state index contributed by atoms with van der Waals surface area (Å²) in [6, 6.07) is 9.67. The minimum atomic E-state index is -0.578. The van der Waals surface area contributed by atoms with Gasteiger partial charge >= 0.3 is 0 Å². The molecule has 0 fully saturated rings. The SMILES string of the molecule is N#C/C(=N/O)C(=O)c1ccccc1. The number of hydrogen-bond acceptors (Lipinski definition) is 4. The van der Waals surface area contributed by atoms with E-state index in [1.165, 1.54) is 6.07 Å². The Bertz CT molecular complexity index is 376. The first-order valence-electron chi connectivity index (χ1n) is 3.51. The lowest BCUT2D eigenvalue weighted by Gasteiger charge is -1.94. The van der Waals surface area contributed by atoms with E-state index >= 15 is 0 Å². The number of rotatable bonds is 2. The van der Waals surface area contributed by atoms with E-state index in [4.69, 9.17) is 10.5 Å². The third-order valence-corrected chi connectivity index (χ3v) is 1.46. The predicted molar refractivity (Wildman–Crippen MR) is 45.6 cm³/mol. The predicted octanol–water partition coefficient (Wildman–Crippen LogP) is 1.22. The molecule has 0 aromatic heterocycles. The molecule has 4 nitrogen and oxygen atoms in total. The standard InChI is InChI=1S/C9H6N2O2/c10-6-8(11-13)9(12)7-4-2-1-3-5-7/h1-5,13H/b11-8-. The molecule has 0 spiro atoms. The second-order valence-corrected chi connectivity index (χ2v) is 2.26. The summed E-state index contributed by atoms with van der Waals surface area (Å²) in [7, 11) is 0. The number of benzene rings is 1. The third-order valence-electron chi connectivity index (χ3n) is 1.46. The summed E-state index contributed by atoms with van der Waals surface area (Å²) in [4.78, 5) is 11.3. The fourth-order valence-corrected chi connectivity index (χ4v) is 0.845. The molecule has 0 aliphatic carbocycles. The topological polar surface area (TPSA) is 73.4 Å². The van der Waals surface area contributed by atoms with Crippen LogP contribution in [0.15, 0.2) is 35.5 Å². The Kier molecular flexibility index (Phi) is 2.77. The van der Waals surface area contributed by atoms with Gasteiger partial charge in [-0.2, -0.15) is 5.26 Å². The summed E-state index contributed by atoms with van der Waals surface area (Å²) in [5.74, 6) is -0.578. The zero-order chi connectivity index (χ0) is 9.68. The van der Waals surface area contributed by atoms with Crippen molar-refractivity contribution in [3.8, 4) is 6.07 Å². The molecule has 64 valence electrons. The first kappa shape index (κ1) is 8.94. The fourth-order valence-electron chi connectivity index (χ4n) is 0.845. The third kappa shape index (κ3) is 1.91. The average Bonchev–Trinajstić information content (AvgIpc) is 2.21. The molecule has 13 heavy (non-hydrogen) atoms. The van der Waals surface area contributed by atoms with E-state index in [-0.39, 0.29) is 0 Å². The second-order valence-electron chi connectivity index (χ2n) is 2.26. The number of ketones is 1. The molecule has 0 aliphatic rings. The molecular formula is C9H6N2O2. The van der Waals surface area contributed by atoms with Crippen molar-refractivity contribution < 1.29 is 10.0 Å². The lowest BCUT2D eigenvalue weighted by atomic mass is 10.1. The Balaban J connectivity index is 3.01. The summed E-state index contributed by atoms with van der Waals surface area (Å²) >= 11 is 0. The van der Waals surface area contributed by atoms with Gasteiger partial charge in [0.05, 0.1) is 0 Å². The molecule has 0 heterocycles. The highest BCUT2D eigenvalue weighted by Crippen LogP contribution is 2.00. The van der Waals surface area contributed by atoms with Crippen molar-refractivity contribution in [2.45, 2.75) is 0 Å². The quantitative estimate of drug-likeness (QED) is 0.317. The van der Waals surface area contributed by atoms with Gasteiger partial charge in [0.1, 0.15) is 6.07 Å². The van der Waals surface area contributed by atoms with Crippen LogP contribution < -0.4 is 0 Å². The lowest BCUT2D eigenvalue weighted by molar-refractivity contribution is 0.106. The Morgan fingerprint density at radius 2 is 2.00 bits per heavy atom. The van der Waals surface area contributed by atoms with Gasteiger partial charge in [-0.3, -0.25) is 4.79 Å². The molecule has 0 saturated heterocycles. The highest BCUT2D eigenvalue weighted by Gasteiger charge is 2.12. The largest absolute Gasteiger partial charge is 0.410 e. The maximum atomic E-state index is 11.3. The van der Waals surface area contributed by atoms with Crippen molar-refractivity contribution >= 4 is 11.5 Å². The molecule has 0 radical (unpaired) electrons. The van der Waals surface area contributed by atoms with Crippen LogP contribution in [0.2, 0.25) is 0 Å². The number of carbonyl (C=O) groups excluding carboxylic acids is 1. The Morgan fingerprint density at radius 3 is 2.46 bits per heavy atom. The molecule has 0 saturated carbocycles. The normalized spacial score (nSPS) is 10.5. The van der Waals surface area contributed by atoms with Gasteiger partial charge < -0.3 is 5.21 Å². The lowest BCUT2D eigenvalue weighted by Crippen LogP contribution is -2.11. The van der Waals surface area contributed by atoms with Crippen LogP contribution in [0.4, 0.5) is 0 Å². The highest BCUT2D eigenvalue weighted by atomic mass is 16.4. The number of nitrogens with zero attached hydrogens (tertiary/aromatic N) is 2. The molecule has 0 amide bonds. The first-order valence-corrected chi connectivity index (χ1v) is 3.51. The van der Waals surface area contributed by atoms with Crippen LogP contribution in [-0.4, -0.2) is 16.7 Å². The highest BCUT2D eigenvalue weighted by molar-refractivity contribution is 6.51. The van der Waals surface area contributed by atoms with Crippen molar-refractivity contribution in [2.24, 2.45) is 5.16 Å². The van der Waals surface area contributed by atoms with Crippen molar-refractivity contribution in [3.05, 3.63) is 35.9 Å². The van der Waals surface area contributed by atoms with Gasteiger partial charge in [-0.05, 0) is 0 Å². The number of Topliss-reactive ketones (excluding diaryl/α,β-unsaturated/α-hetero) is 1. The van der Waals surface area contributed by atoms with Crippen molar-refractivity contribution in [2.75, 3.05) is 0 Å². The molecule has 1 aromatic rings. The monoisotopic (exact) mass is 174 g/mol. The van der Waals surface area contributed by atoms with Crippen molar-refractivity contribution in [1.82, 2.24) is 0 Å². The van der Waals surface area contributed by atoms with Crippen LogP contribution in [0, 0.1) is 11.3 Å². The van der Waals surface area contributed by atoms with E-state index in [2.05, 4.69) is 5.16 Å². The summed E-state index contributed by atoms with van der Waals surface area (Å²) in [5.41, 5.74) is -0.178. The van der Waals surface area contributed by atoms with Gasteiger partial charge in [-0.1, -0.05) is 35.5 Å². The van der Waals surface area contributed by atoms with Gasteiger partial charge in [0.25, 0.3) is 0 Å². The number of hydrogen-bond donors (Lipinski definition) is 1. The Labute approximate surface area is 74.7 Å². The van der Waals surface area contributed by atoms with Crippen molar-refractivity contribution in [3.63, 3.8) is 0 Å². The van der Waals surface area contributed by atoms with Gasteiger partial charge in [0, 0.05) is 5.56 Å². The van der Waals surface area contributed by atoms with Gasteiger partial charge in [0.15, 0.2) is 0 Å². The first-order chi connectivity index (χ1) is 6.29. The molecular weight excluding hydrogens is 168 g/mol. The minimum absolute atomic E-state index is 0.330. The molecule has 1 aromatic carbocycles. The van der Waals surface area contributed by atoms with Crippen molar-refractivity contribution in [1.29, 1.82) is 5.26 Å². The maximum absolute atomic E-state index is 11.3. The van der Waals surface area contributed by atoms with Crippen LogP contribution in [0.3, 0.4) is 0 Å². The number of nitriles is 1. The van der Waals surface area contributed by atoms with E-state index in [1.807, 2.05) is 0 Å². The molecule has 0 aliphatic heterocycles. The molecule has 1 rings (SSSR count). The van der Waals surface area contributed by atoms with E-state index in [0.717, 1.165) is 0 Å². The molecule has 0 unspecified atom stereocenters. The number of oxime groups is 1. The second kappa shape index (κ2) is 4.02. The molecule has 1 N–H and O–H groups in total. The zero-order valence-corrected chi connectivity index (χ0v) is 6.64. The van der Waals surface area contributed by atoms with Crippen LogP contribution in [0.5, 0.6) is 0 Å². The zero-order valence-electron chi connectivity index (χ0n) is 6.64. The smallest absolute Gasteiger partial charge is 0.227 e. The summed E-state index contributed by atoms with van der Waals surface area (Å²) in [5, 5.41) is 19.3. The van der Waals surface area contributed by atoms with E-state index in [1.54, 1.807) is 30.3 Å². The van der Waals surface area contributed by atoms with Crippen LogP contribution in [-0.2, 0) is 0 Å². The van der Waals surface area contributed by atoms with E-state index in [0.29, 0.717) is 5.56 Å². The van der Waals surface area contributed by atoms with Gasteiger partial charge in [-0.25, -0.2) is 0 Å².